The largest absolute Gasteiger partial charge is 0.463 e. The van der Waals surface area contributed by atoms with Crippen LogP contribution < -0.4 is 5.32 Å². The fourth-order valence-electron chi connectivity index (χ4n) is 2.70. The van der Waals surface area contributed by atoms with Gasteiger partial charge in [-0.2, -0.15) is 0 Å². The minimum Gasteiger partial charge on any atom is -0.463 e. The number of rotatable bonds is 8. The third-order valence-corrected chi connectivity index (χ3v) is 4.39. The zero-order valence-corrected chi connectivity index (χ0v) is 17.1. The summed E-state index contributed by atoms with van der Waals surface area (Å²) in [5.41, 5.74) is 0.887. The Morgan fingerprint density at radius 3 is 2.39 bits per heavy atom. The Hall–Kier alpha value is -2.74. The number of hydrogen-bond acceptors (Lipinski definition) is 5. The van der Waals surface area contributed by atoms with Crippen LogP contribution in [0.4, 0.5) is 5.69 Å². The second kappa shape index (κ2) is 9.98. The standard InChI is InChI=1S/C20H21BrN2O5/c1-13(2)28-20(25)12-17(16-5-3-4-6-18(16)23(26)27)22-19(24)11-14-7-9-15(21)10-8-14/h3-10,13,17H,11-12H2,1-2H3,(H,22,24). The van der Waals surface area contributed by atoms with E-state index >= 15 is 0 Å². The molecule has 28 heavy (non-hydrogen) atoms. The Bertz CT molecular complexity index is 852. The summed E-state index contributed by atoms with van der Waals surface area (Å²) in [4.78, 5) is 35.5. The Morgan fingerprint density at radius 1 is 1.14 bits per heavy atom. The lowest BCUT2D eigenvalue weighted by molar-refractivity contribution is -0.385. The first-order valence-electron chi connectivity index (χ1n) is 8.73. The zero-order chi connectivity index (χ0) is 20.7. The summed E-state index contributed by atoms with van der Waals surface area (Å²) in [5, 5.41) is 14.1. The number of carbonyl (C=O) groups excluding carboxylic acids is 2. The summed E-state index contributed by atoms with van der Waals surface area (Å²) < 4.78 is 6.04. The number of halogens is 1. The Balaban J connectivity index is 2.23. The van der Waals surface area contributed by atoms with Crippen molar-refractivity contribution in [3.05, 3.63) is 74.2 Å². The van der Waals surface area contributed by atoms with Crippen molar-refractivity contribution < 1.29 is 19.2 Å². The van der Waals surface area contributed by atoms with Crippen molar-refractivity contribution in [1.29, 1.82) is 0 Å². The SMILES string of the molecule is CC(C)OC(=O)CC(NC(=O)Cc1ccc(Br)cc1)c1ccccc1[N+](=O)[O-]. The van der Waals surface area contributed by atoms with Crippen molar-refractivity contribution in [2.24, 2.45) is 0 Å². The number of nitrogens with one attached hydrogen (secondary N) is 1. The third-order valence-electron chi connectivity index (χ3n) is 3.86. The molecular formula is C20H21BrN2O5. The predicted octanol–water partition coefficient (Wildman–Crippen LogP) is 4.10. The van der Waals surface area contributed by atoms with Crippen LogP contribution in [0.1, 0.15) is 37.4 Å². The molecule has 0 spiro atoms. The van der Waals surface area contributed by atoms with Gasteiger partial charge in [0.25, 0.3) is 5.69 Å². The van der Waals surface area contributed by atoms with E-state index in [4.69, 9.17) is 4.74 Å². The van der Waals surface area contributed by atoms with Gasteiger partial charge >= 0.3 is 5.97 Å². The van der Waals surface area contributed by atoms with Gasteiger partial charge in [0.05, 0.1) is 35.5 Å². The molecule has 0 saturated carbocycles. The zero-order valence-electron chi connectivity index (χ0n) is 15.6. The van der Waals surface area contributed by atoms with Crippen LogP contribution in [0.3, 0.4) is 0 Å². The normalized spacial score (nSPS) is 11.7. The van der Waals surface area contributed by atoms with E-state index in [0.717, 1.165) is 10.0 Å². The second-order valence-electron chi connectivity index (χ2n) is 6.48. The van der Waals surface area contributed by atoms with Crippen LogP contribution in [0.2, 0.25) is 0 Å². The van der Waals surface area contributed by atoms with Gasteiger partial charge < -0.3 is 10.1 Å². The van der Waals surface area contributed by atoms with Crippen LogP contribution in [0, 0.1) is 10.1 Å². The van der Waals surface area contributed by atoms with Gasteiger partial charge in [-0.1, -0.05) is 46.3 Å². The summed E-state index contributed by atoms with van der Waals surface area (Å²) in [6, 6.07) is 12.4. The van der Waals surface area contributed by atoms with Crippen molar-refractivity contribution in [2.45, 2.75) is 38.8 Å². The van der Waals surface area contributed by atoms with Crippen LogP contribution in [0.25, 0.3) is 0 Å². The topological polar surface area (TPSA) is 98.5 Å². The van der Waals surface area contributed by atoms with Crippen LogP contribution in [-0.4, -0.2) is 22.9 Å². The molecule has 0 radical (unpaired) electrons. The lowest BCUT2D eigenvalue weighted by atomic mass is 10.0. The highest BCUT2D eigenvalue weighted by molar-refractivity contribution is 9.10. The van der Waals surface area contributed by atoms with Crippen molar-refractivity contribution in [3.8, 4) is 0 Å². The third kappa shape index (κ3) is 6.45. The van der Waals surface area contributed by atoms with Gasteiger partial charge in [-0.25, -0.2) is 0 Å². The molecule has 0 bridgehead atoms. The van der Waals surface area contributed by atoms with E-state index in [1.807, 2.05) is 12.1 Å². The molecule has 1 amide bonds. The molecule has 1 N–H and O–H groups in total. The van der Waals surface area contributed by atoms with Crippen LogP contribution >= 0.6 is 15.9 Å². The molecule has 2 aromatic carbocycles. The Morgan fingerprint density at radius 2 is 1.79 bits per heavy atom. The smallest absolute Gasteiger partial charge is 0.308 e. The number of nitro benzene ring substituents is 1. The molecule has 1 atom stereocenters. The van der Waals surface area contributed by atoms with Gasteiger partial charge in [-0.3, -0.25) is 19.7 Å². The van der Waals surface area contributed by atoms with Crippen LogP contribution in [0.15, 0.2) is 53.0 Å². The fraction of sp³-hybridized carbons (Fsp3) is 0.300. The highest BCUT2D eigenvalue weighted by Crippen LogP contribution is 2.27. The van der Waals surface area contributed by atoms with E-state index in [0.29, 0.717) is 0 Å². The van der Waals surface area contributed by atoms with E-state index in [1.165, 1.54) is 18.2 Å². The van der Waals surface area contributed by atoms with Crippen LogP contribution in [-0.2, 0) is 20.7 Å². The minimum atomic E-state index is -0.865. The highest BCUT2D eigenvalue weighted by atomic mass is 79.9. The number of benzene rings is 2. The first-order chi connectivity index (χ1) is 13.3. The van der Waals surface area contributed by atoms with Gasteiger partial charge in [0.1, 0.15) is 0 Å². The number of hydrogen-bond donors (Lipinski definition) is 1. The van der Waals surface area contributed by atoms with Gasteiger partial charge in [-0.15, -0.1) is 0 Å². The molecule has 0 aliphatic rings. The molecule has 2 rings (SSSR count). The fourth-order valence-corrected chi connectivity index (χ4v) is 2.96. The molecule has 7 nitrogen and oxygen atoms in total. The molecule has 0 fully saturated rings. The maximum Gasteiger partial charge on any atom is 0.308 e. The molecule has 0 saturated heterocycles. The highest BCUT2D eigenvalue weighted by Gasteiger charge is 2.26. The van der Waals surface area contributed by atoms with Crippen LogP contribution in [0.5, 0.6) is 0 Å². The summed E-state index contributed by atoms with van der Waals surface area (Å²) in [6.07, 6.45) is -0.434. The lowest BCUT2D eigenvalue weighted by Gasteiger charge is -2.19. The molecule has 8 heteroatoms. The molecule has 0 aliphatic heterocycles. The maximum absolute atomic E-state index is 12.5. The van der Waals surface area contributed by atoms with E-state index in [-0.39, 0.29) is 36.1 Å². The molecule has 0 aromatic heterocycles. The van der Waals surface area contributed by atoms with Gasteiger partial charge in [0.15, 0.2) is 0 Å². The van der Waals surface area contributed by atoms with Gasteiger partial charge in [0.2, 0.25) is 5.91 Å². The molecule has 2 aromatic rings. The molecular weight excluding hydrogens is 428 g/mol. The number of para-hydroxylation sites is 1. The number of nitrogens with zero attached hydrogens (tertiary/aromatic N) is 1. The number of amides is 1. The number of esters is 1. The van der Waals surface area contributed by atoms with Crippen molar-refractivity contribution in [2.75, 3.05) is 0 Å². The lowest BCUT2D eigenvalue weighted by Crippen LogP contribution is -2.32. The number of nitro groups is 1. The first-order valence-corrected chi connectivity index (χ1v) is 9.52. The van der Waals surface area contributed by atoms with E-state index in [9.17, 15) is 19.7 Å². The first kappa shape index (κ1) is 21.6. The minimum absolute atomic E-state index is 0.0869. The summed E-state index contributed by atoms with van der Waals surface area (Å²) >= 11 is 3.33. The average Bonchev–Trinajstić information content (AvgIpc) is 2.62. The number of carbonyl (C=O) groups is 2. The molecule has 148 valence electrons. The Labute approximate surface area is 171 Å². The molecule has 1 unspecified atom stereocenters. The monoisotopic (exact) mass is 448 g/mol. The maximum atomic E-state index is 12.5. The average molecular weight is 449 g/mol. The van der Waals surface area contributed by atoms with Crippen molar-refractivity contribution in [3.63, 3.8) is 0 Å². The van der Waals surface area contributed by atoms with E-state index < -0.39 is 16.9 Å². The number of ether oxygens (including phenoxy) is 1. The second-order valence-corrected chi connectivity index (χ2v) is 7.40. The van der Waals surface area contributed by atoms with E-state index in [2.05, 4.69) is 21.2 Å². The molecule has 0 aliphatic carbocycles. The summed E-state index contributed by atoms with van der Waals surface area (Å²) in [5.74, 6) is -0.884. The summed E-state index contributed by atoms with van der Waals surface area (Å²) in [6.45, 7) is 3.42. The Kier molecular flexibility index (Phi) is 7.69. The molecule has 0 heterocycles. The van der Waals surface area contributed by atoms with Gasteiger partial charge in [-0.05, 0) is 31.5 Å². The van der Waals surface area contributed by atoms with Crippen molar-refractivity contribution >= 4 is 33.5 Å². The predicted molar refractivity (Wildman–Crippen MR) is 108 cm³/mol. The quantitative estimate of drug-likeness (QED) is 0.372. The van der Waals surface area contributed by atoms with E-state index in [1.54, 1.807) is 32.0 Å². The summed E-state index contributed by atoms with van der Waals surface area (Å²) in [7, 11) is 0. The van der Waals surface area contributed by atoms with Crippen molar-refractivity contribution in [1.82, 2.24) is 5.32 Å². The van der Waals surface area contributed by atoms with Gasteiger partial charge in [0, 0.05) is 10.5 Å².